The molecule has 140 valence electrons. The van der Waals surface area contributed by atoms with E-state index in [4.69, 9.17) is 0 Å². The van der Waals surface area contributed by atoms with Crippen molar-refractivity contribution < 1.29 is 4.79 Å². The van der Waals surface area contributed by atoms with Gasteiger partial charge in [-0.3, -0.25) is 15.1 Å². The van der Waals surface area contributed by atoms with Crippen molar-refractivity contribution in [2.45, 2.75) is 26.2 Å². The normalized spacial score (nSPS) is 16.1. The van der Waals surface area contributed by atoms with Crippen LogP contribution in [0.15, 0.2) is 42.6 Å². The lowest BCUT2D eigenvalue weighted by Gasteiger charge is -2.15. The van der Waals surface area contributed by atoms with E-state index in [0.29, 0.717) is 22.4 Å². The number of thiazole rings is 1. The Morgan fingerprint density at radius 1 is 1.25 bits per heavy atom. The number of aryl methyl sites for hydroxylation is 1. The first-order chi connectivity index (χ1) is 13.7. The van der Waals surface area contributed by atoms with Crippen LogP contribution in [0.2, 0.25) is 0 Å². The summed E-state index contributed by atoms with van der Waals surface area (Å²) in [6, 6.07) is 11.1. The number of aromatic nitrogens is 4. The van der Waals surface area contributed by atoms with Crippen LogP contribution in [0.5, 0.6) is 0 Å². The third kappa shape index (κ3) is 3.18. The zero-order chi connectivity index (χ0) is 19.1. The van der Waals surface area contributed by atoms with E-state index >= 15 is 0 Å². The molecule has 1 aliphatic carbocycles. The number of nitrogens with zero attached hydrogens (tertiary/aromatic N) is 3. The number of hydrogen-bond acceptors (Lipinski definition) is 5. The van der Waals surface area contributed by atoms with Crippen molar-refractivity contribution >= 4 is 33.4 Å². The van der Waals surface area contributed by atoms with Gasteiger partial charge >= 0.3 is 0 Å². The molecule has 5 rings (SSSR count). The third-order valence-corrected chi connectivity index (χ3v) is 6.09. The zero-order valence-electron chi connectivity index (χ0n) is 15.4. The summed E-state index contributed by atoms with van der Waals surface area (Å²) in [5.41, 5.74) is 4.09. The van der Waals surface area contributed by atoms with Gasteiger partial charge in [-0.05, 0) is 55.5 Å². The average molecular weight is 389 g/mol. The molecule has 0 saturated carbocycles. The number of amides is 1. The highest BCUT2D eigenvalue weighted by Crippen LogP contribution is 2.32. The lowest BCUT2D eigenvalue weighted by Crippen LogP contribution is -2.12. The number of rotatable bonds is 3. The first-order valence-corrected chi connectivity index (χ1v) is 10.2. The van der Waals surface area contributed by atoms with E-state index < -0.39 is 0 Å². The summed E-state index contributed by atoms with van der Waals surface area (Å²) in [5.74, 6) is 1.22. The number of benzene rings is 1. The van der Waals surface area contributed by atoms with Crippen LogP contribution >= 0.6 is 11.3 Å². The van der Waals surface area contributed by atoms with Crippen molar-refractivity contribution in [1.29, 1.82) is 0 Å². The van der Waals surface area contributed by atoms with Crippen molar-refractivity contribution in [3.63, 3.8) is 0 Å². The summed E-state index contributed by atoms with van der Waals surface area (Å²) >= 11 is 1.60. The molecule has 4 aromatic rings. The van der Waals surface area contributed by atoms with E-state index in [-0.39, 0.29) is 5.91 Å². The van der Waals surface area contributed by atoms with Crippen LogP contribution in [-0.2, 0) is 12.8 Å². The lowest BCUT2D eigenvalue weighted by atomic mass is 9.93. The standard InChI is InChI=1S/C21H19N5OS/c1-12-5-7-15-18(10-12)28-21(25-15)26-20(27)13-6-8-14-17(11-13)24-19(23-14)16-4-2-3-9-22-16/h2-4,6,8-9,11-12H,5,7,10H2,1H3,(H,23,24)(H,25,26,27). The molecule has 3 aromatic heterocycles. The molecule has 0 fully saturated rings. The molecular formula is C21H19N5OS. The quantitative estimate of drug-likeness (QED) is 0.542. The highest BCUT2D eigenvalue weighted by atomic mass is 32.1. The molecule has 1 amide bonds. The summed E-state index contributed by atoms with van der Waals surface area (Å²) < 4.78 is 0. The first kappa shape index (κ1) is 17.1. The maximum Gasteiger partial charge on any atom is 0.257 e. The minimum atomic E-state index is -0.157. The van der Waals surface area contributed by atoms with Gasteiger partial charge in [-0.25, -0.2) is 9.97 Å². The lowest BCUT2D eigenvalue weighted by molar-refractivity contribution is 0.102. The molecule has 1 unspecified atom stereocenters. The number of carbonyl (C=O) groups is 1. The van der Waals surface area contributed by atoms with Gasteiger partial charge in [0.25, 0.3) is 5.91 Å². The Morgan fingerprint density at radius 2 is 2.18 bits per heavy atom. The van der Waals surface area contributed by atoms with Crippen molar-refractivity contribution in [3.8, 4) is 11.5 Å². The van der Waals surface area contributed by atoms with Crippen LogP contribution in [-0.4, -0.2) is 25.8 Å². The second kappa shape index (κ2) is 6.83. The Hall–Kier alpha value is -3.06. The average Bonchev–Trinajstić information content (AvgIpc) is 3.31. The Kier molecular flexibility index (Phi) is 4.16. The summed E-state index contributed by atoms with van der Waals surface area (Å²) in [7, 11) is 0. The molecule has 3 heterocycles. The minimum absolute atomic E-state index is 0.157. The van der Waals surface area contributed by atoms with Crippen LogP contribution < -0.4 is 5.32 Å². The smallest absolute Gasteiger partial charge is 0.257 e. The highest BCUT2D eigenvalue weighted by Gasteiger charge is 2.21. The molecule has 1 aliphatic rings. The Labute approximate surface area is 166 Å². The van der Waals surface area contributed by atoms with Crippen molar-refractivity contribution in [1.82, 2.24) is 19.9 Å². The van der Waals surface area contributed by atoms with Crippen LogP contribution in [0.1, 0.15) is 34.3 Å². The highest BCUT2D eigenvalue weighted by molar-refractivity contribution is 7.15. The summed E-state index contributed by atoms with van der Waals surface area (Å²) in [4.78, 5) is 30.8. The molecule has 7 heteroatoms. The van der Waals surface area contributed by atoms with Gasteiger partial charge in [-0.2, -0.15) is 0 Å². The molecular weight excluding hydrogens is 370 g/mol. The van der Waals surface area contributed by atoms with Crippen LogP contribution in [0.25, 0.3) is 22.6 Å². The van der Waals surface area contributed by atoms with Gasteiger partial charge < -0.3 is 4.98 Å². The van der Waals surface area contributed by atoms with Crippen LogP contribution in [0.3, 0.4) is 0 Å². The number of anilines is 1. The Bertz CT molecular complexity index is 1160. The van der Waals surface area contributed by atoms with E-state index in [9.17, 15) is 4.79 Å². The van der Waals surface area contributed by atoms with E-state index in [0.717, 1.165) is 35.3 Å². The zero-order valence-corrected chi connectivity index (χ0v) is 16.2. The summed E-state index contributed by atoms with van der Waals surface area (Å²) in [6.07, 6.45) is 4.95. The van der Waals surface area contributed by atoms with Crippen molar-refractivity contribution in [3.05, 3.63) is 58.7 Å². The molecule has 6 nitrogen and oxygen atoms in total. The third-order valence-electron chi connectivity index (χ3n) is 5.06. The van der Waals surface area contributed by atoms with Gasteiger partial charge in [0.05, 0.1) is 16.7 Å². The van der Waals surface area contributed by atoms with Gasteiger partial charge in [-0.1, -0.05) is 13.0 Å². The van der Waals surface area contributed by atoms with Crippen LogP contribution in [0, 0.1) is 5.92 Å². The molecule has 0 aliphatic heterocycles. The fourth-order valence-corrected chi connectivity index (χ4v) is 4.70. The number of fused-ring (bicyclic) bond motifs is 2. The number of nitrogens with one attached hydrogen (secondary N) is 2. The second-order valence-electron chi connectivity index (χ2n) is 7.22. The van der Waals surface area contributed by atoms with Crippen LogP contribution in [0.4, 0.5) is 5.13 Å². The van der Waals surface area contributed by atoms with Gasteiger partial charge in [0.15, 0.2) is 11.0 Å². The van der Waals surface area contributed by atoms with Gasteiger partial charge in [0, 0.05) is 16.6 Å². The fourth-order valence-electron chi connectivity index (χ4n) is 3.54. The number of aromatic amines is 1. The molecule has 28 heavy (non-hydrogen) atoms. The monoisotopic (exact) mass is 389 g/mol. The van der Waals surface area contributed by atoms with Crippen molar-refractivity contribution in [2.75, 3.05) is 5.32 Å². The number of imidazole rings is 1. The first-order valence-electron chi connectivity index (χ1n) is 9.37. The molecule has 0 spiro atoms. The van der Waals surface area contributed by atoms with E-state index in [1.54, 1.807) is 23.6 Å². The number of carbonyl (C=O) groups excluding carboxylic acids is 1. The molecule has 2 N–H and O–H groups in total. The van der Waals surface area contributed by atoms with E-state index in [1.807, 2.05) is 30.3 Å². The molecule has 1 aromatic carbocycles. The van der Waals surface area contributed by atoms with Gasteiger partial charge in [0.2, 0.25) is 0 Å². The number of H-pyrrole nitrogens is 1. The minimum Gasteiger partial charge on any atom is -0.337 e. The Morgan fingerprint density at radius 3 is 3.04 bits per heavy atom. The molecule has 0 saturated heterocycles. The summed E-state index contributed by atoms with van der Waals surface area (Å²) in [6.45, 7) is 2.26. The Balaban J connectivity index is 1.39. The molecule has 0 radical (unpaired) electrons. The predicted octanol–water partition coefficient (Wildman–Crippen LogP) is 4.46. The molecule has 1 atom stereocenters. The maximum absolute atomic E-state index is 12.7. The van der Waals surface area contributed by atoms with Gasteiger partial charge in [0.1, 0.15) is 5.69 Å². The summed E-state index contributed by atoms with van der Waals surface area (Å²) in [5, 5.41) is 3.64. The number of pyridine rings is 1. The largest absolute Gasteiger partial charge is 0.337 e. The van der Waals surface area contributed by atoms with E-state index in [2.05, 4.69) is 32.2 Å². The number of hydrogen-bond donors (Lipinski definition) is 2. The second-order valence-corrected chi connectivity index (χ2v) is 8.31. The van der Waals surface area contributed by atoms with Crippen molar-refractivity contribution in [2.24, 2.45) is 5.92 Å². The predicted molar refractivity (Wildman–Crippen MR) is 111 cm³/mol. The van der Waals surface area contributed by atoms with Gasteiger partial charge in [-0.15, -0.1) is 11.3 Å². The SMILES string of the molecule is CC1CCc2nc(NC(=O)c3ccc4nc(-c5ccccn5)[nH]c4c3)sc2C1. The maximum atomic E-state index is 12.7. The van der Waals surface area contributed by atoms with E-state index in [1.165, 1.54) is 11.3 Å². The fraction of sp³-hybridized carbons (Fsp3) is 0.238. The topological polar surface area (TPSA) is 83.6 Å². The molecule has 0 bridgehead atoms.